The van der Waals surface area contributed by atoms with Crippen LogP contribution >= 0.6 is 0 Å². The summed E-state index contributed by atoms with van der Waals surface area (Å²) in [5, 5.41) is 10.3. The molecule has 2 unspecified atom stereocenters. The first-order valence-corrected chi connectivity index (χ1v) is 9.29. The van der Waals surface area contributed by atoms with Crippen molar-refractivity contribution in [2.75, 3.05) is 53.4 Å². The third-order valence-corrected chi connectivity index (χ3v) is 5.51. The molecule has 2 atom stereocenters. The predicted octanol–water partition coefficient (Wildman–Crippen LogP) is 1.27. The summed E-state index contributed by atoms with van der Waals surface area (Å²) in [6.07, 6.45) is 5.78. The highest BCUT2D eigenvalue weighted by Crippen LogP contribution is 2.30. The standard InChI is InChI=1S/C18H35N3O2/c1-15(12-16-6-4-5-7-16)18(23)20(3)13-17(22)14-21-10-8-19(2)9-11-21/h15-17,22H,4-14H2,1-3H3. The van der Waals surface area contributed by atoms with Crippen LogP contribution in [0, 0.1) is 11.8 Å². The summed E-state index contributed by atoms with van der Waals surface area (Å²) in [6, 6.07) is 0. The van der Waals surface area contributed by atoms with Crippen LogP contribution in [0.2, 0.25) is 0 Å². The molecular formula is C18H35N3O2. The number of aliphatic hydroxyl groups is 1. The van der Waals surface area contributed by atoms with Crippen LogP contribution in [0.15, 0.2) is 0 Å². The molecule has 0 aromatic rings. The summed E-state index contributed by atoms with van der Waals surface area (Å²) in [4.78, 5) is 18.8. The molecule has 23 heavy (non-hydrogen) atoms. The second-order valence-electron chi connectivity index (χ2n) is 7.76. The van der Waals surface area contributed by atoms with Gasteiger partial charge in [-0.05, 0) is 19.4 Å². The minimum atomic E-state index is -0.453. The van der Waals surface area contributed by atoms with Crippen molar-refractivity contribution >= 4 is 5.91 Å². The zero-order valence-electron chi connectivity index (χ0n) is 15.2. The molecule has 1 aliphatic heterocycles. The Kier molecular flexibility index (Phi) is 7.31. The van der Waals surface area contributed by atoms with Gasteiger partial charge in [0.25, 0.3) is 0 Å². The van der Waals surface area contributed by atoms with Crippen molar-refractivity contribution in [1.82, 2.24) is 14.7 Å². The summed E-state index contributed by atoms with van der Waals surface area (Å²) < 4.78 is 0. The highest BCUT2D eigenvalue weighted by atomic mass is 16.3. The van der Waals surface area contributed by atoms with Gasteiger partial charge in [-0.25, -0.2) is 0 Å². The van der Waals surface area contributed by atoms with Crippen molar-refractivity contribution < 1.29 is 9.90 Å². The number of aliphatic hydroxyl groups excluding tert-OH is 1. The van der Waals surface area contributed by atoms with E-state index in [1.54, 1.807) is 4.90 Å². The maximum Gasteiger partial charge on any atom is 0.225 e. The maximum absolute atomic E-state index is 12.5. The molecule has 0 radical (unpaired) electrons. The molecule has 1 N–H and O–H groups in total. The van der Waals surface area contributed by atoms with Gasteiger partial charge in [-0.15, -0.1) is 0 Å². The second-order valence-corrected chi connectivity index (χ2v) is 7.76. The van der Waals surface area contributed by atoms with Crippen molar-refractivity contribution in [3.8, 4) is 0 Å². The van der Waals surface area contributed by atoms with E-state index in [1.165, 1.54) is 25.7 Å². The minimum Gasteiger partial charge on any atom is -0.390 e. The molecule has 1 aliphatic carbocycles. The third kappa shape index (κ3) is 6.05. The van der Waals surface area contributed by atoms with Crippen molar-refractivity contribution in [3.63, 3.8) is 0 Å². The second kappa shape index (κ2) is 9.00. The topological polar surface area (TPSA) is 47.0 Å². The molecule has 1 heterocycles. The van der Waals surface area contributed by atoms with Crippen LogP contribution in [-0.4, -0.2) is 85.2 Å². The van der Waals surface area contributed by atoms with Crippen LogP contribution in [0.1, 0.15) is 39.0 Å². The van der Waals surface area contributed by atoms with Gasteiger partial charge in [-0.1, -0.05) is 32.6 Å². The van der Waals surface area contributed by atoms with E-state index in [2.05, 4.69) is 16.8 Å². The number of rotatable bonds is 7. The Bertz CT molecular complexity index is 363. The molecule has 2 aliphatic rings. The van der Waals surface area contributed by atoms with Gasteiger partial charge in [0.05, 0.1) is 6.10 Å². The molecular weight excluding hydrogens is 290 g/mol. The summed E-state index contributed by atoms with van der Waals surface area (Å²) in [5.74, 6) is 1.01. The Morgan fingerprint density at radius 2 is 1.83 bits per heavy atom. The minimum absolute atomic E-state index is 0.0823. The number of hydrogen-bond donors (Lipinski definition) is 1. The SMILES string of the molecule is CC(CC1CCCC1)C(=O)N(C)CC(O)CN1CCN(C)CC1. The van der Waals surface area contributed by atoms with Crippen LogP contribution in [0.3, 0.4) is 0 Å². The van der Waals surface area contributed by atoms with E-state index in [1.807, 2.05) is 14.0 Å². The highest BCUT2D eigenvalue weighted by molar-refractivity contribution is 5.78. The van der Waals surface area contributed by atoms with Gasteiger partial charge in [-0.3, -0.25) is 9.69 Å². The van der Waals surface area contributed by atoms with Gasteiger partial charge in [0.1, 0.15) is 0 Å². The molecule has 5 nitrogen and oxygen atoms in total. The summed E-state index contributed by atoms with van der Waals surface area (Å²) in [5.41, 5.74) is 0. The molecule has 1 amide bonds. The normalized spacial score (nSPS) is 23.8. The number of carbonyl (C=O) groups is 1. The zero-order chi connectivity index (χ0) is 16.8. The van der Waals surface area contributed by atoms with Gasteiger partial charge in [0.15, 0.2) is 0 Å². The fraction of sp³-hybridized carbons (Fsp3) is 0.944. The fourth-order valence-corrected chi connectivity index (χ4v) is 4.02. The number of nitrogens with zero attached hydrogens (tertiary/aromatic N) is 3. The number of β-amino-alcohol motifs (C(OH)–C–C–N with tert-alkyl or cyclic N) is 1. The number of likely N-dealkylation sites (N-methyl/N-ethyl adjacent to an activating group) is 2. The summed E-state index contributed by atoms with van der Waals surface area (Å²) in [6.45, 7) is 7.28. The van der Waals surface area contributed by atoms with E-state index in [4.69, 9.17) is 0 Å². The van der Waals surface area contributed by atoms with Gasteiger partial charge in [0.2, 0.25) is 5.91 Å². The Morgan fingerprint density at radius 1 is 1.22 bits per heavy atom. The van der Waals surface area contributed by atoms with E-state index in [-0.39, 0.29) is 11.8 Å². The van der Waals surface area contributed by atoms with E-state index in [0.717, 1.165) is 38.5 Å². The van der Waals surface area contributed by atoms with Gasteiger partial charge >= 0.3 is 0 Å². The summed E-state index contributed by atoms with van der Waals surface area (Å²) >= 11 is 0. The van der Waals surface area contributed by atoms with Crippen LogP contribution in [0.5, 0.6) is 0 Å². The molecule has 5 heteroatoms. The van der Waals surface area contributed by atoms with Gasteiger partial charge in [-0.2, -0.15) is 0 Å². The quantitative estimate of drug-likeness (QED) is 0.766. The smallest absolute Gasteiger partial charge is 0.225 e. The molecule has 0 aromatic heterocycles. The Balaban J connectivity index is 1.69. The lowest BCUT2D eigenvalue weighted by atomic mass is 9.93. The lowest BCUT2D eigenvalue weighted by molar-refractivity contribution is -0.135. The molecule has 0 spiro atoms. The largest absolute Gasteiger partial charge is 0.390 e. The predicted molar refractivity (Wildman–Crippen MR) is 93.3 cm³/mol. The summed E-state index contributed by atoms with van der Waals surface area (Å²) in [7, 11) is 3.96. The average Bonchev–Trinajstić information content (AvgIpc) is 3.01. The van der Waals surface area contributed by atoms with Crippen molar-refractivity contribution in [3.05, 3.63) is 0 Å². The zero-order valence-corrected chi connectivity index (χ0v) is 15.2. The number of hydrogen-bond acceptors (Lipinski definition) is 4. The van der Waals surface area contributed by atoms with Crippen LogP contribution in [0.25, 0.3) is 0 Å². The molecule has 2 fully saturated rings. The Hall–Kier alpha value is -0.650. The van der Waals surface area contributed by atoms with Gasteiger partial charge < -0.3 is 14.9 Å². The lowest BCUT2D eigenvalue weighted by Gasteiger charge is -2.34. The number of amides is 1. The maximum atomic E-state index is 12.5. The molecule has 2 rings (SSSR count). The van der Waals surface area contributed by atoms with Crippen LogP contribution < -0.4 is 0 Å². The Labute approximate surface area is 141 Å². The number of carbonyl (C=O) groups excluding carboxylic acids is 1. The third-order valence-electron chi connectivity index (χ3n) is 5.51. The fourth-order valence-electron chi connectivity index (χ4n) is 4.02. The first-order chi connectivity index (χ1) is 11.0. The molecule has 1 saturated carbocycles. The average molecular weight is 325 g/mol. The molecule has 0 bridgehead atoms. The monoisotopic (exact) mass is 325 g/mol. The van der Waals surface area contributed by atoms with Crippen molar-refractivity contribution in [2.24, 2.45) is 11.8 Å². The number of piperazine rings is 1. The van der Waals surface area contributed by atoms with E-state index < -0.39 is 6.10 Å². The van der Waals surface area contributed by atoms with Gasteiger partial charge in [0, 0.05) is 52.2 Å². The molecule has 0 aromatic carbocycles. The van der Waals surface area contributed by atoms with E-state index in [9.17, 15) is 9.90 Å². The highest BCUT2D eigenvalue weighted by Gasteiger charge is 2.25. The van der Waals surface area contributed by atoms with Crippen LogP contribution in [-0.2, 0) is 4.79 Å². The van der Waals surface area contributed by atoms with Crippen molar-refractivity contribution in [2.45, 2.75) is 45.1 Å². The first-order valence-electron chi connectivity index (χ1n) is 9.29. The van der Waals surface area contributed by atoms with E-state index >= 15 is 0 Å². The molecule has 1 saturated heterocycles. The van der Waals surface area contributed by atoms with Crippen molar-refractivity contribution in [1.29, 1.82) is 0 Å². The van der Waals surface area contributed by atoms with E-state index in [0.29, 0.717) is 13.1 Å². The van der Waals surface area contributed by atoms with Crippen LogP contribution in [0.4, 0.5) is 0 Å². The molecule has 134 valence electrons. The first kappa shape index (κ1) is 18.7. The Morgan fingerprint density at radius 3 is 2.43 bits per heavy atom. The lowest BCUT2D eigenvalue weighted by Crippen LogP contribution is -2.49.